The zero-order valence-electron chi connectivity index (χ0n) is 10.6. The number of rotatable bonds is 6. The molecular formula is C13H16N2O3S. The van der Waals surface area contributed by atoms with Crippen LogP contribution in [0.2, 0.25) is 0 Å². The van der Waals surface area contributed by atoms with Gasteiger partial charge in [0, 0.05) is 11.3 Å². The van der Waals surface area contributed by atoms with E-state index in [0.29, 0.717) is 6.54 Å². The second-order valence-corrected chi connectivity index (χ2v) is 4.85. The van der Waals surface area contributed by atoms with Crippen LogP contribution in [0.5, 0.6) is 0 Å². The second kappa shape index (κ2) is 7.44. The van der Waals surface area contributed by atoms with Crippen LogP contribution in [-0.2, 0) is 17.8 Å². The van der Waals surface area contributed by atoms with E-state index in [1.807, 2.05) is 18.4 Å². The Balaban J connectivity index is 2.47. The van der Waals surface area contributed by atoms with E-state index < -0.39 is 18.0 Å². The number of carboxylic acids is 1. The Labute approximate surface area is 116 Å². The van der Waals surface area contributed by atoms with Crippen molar-refractivity contribution in [2.45, 2.75) is 32.4 Å². The van der Waals surface area contributed by atoms with E-state index in [-0.39, 0.29) is 6.42 Å². The first-order chi connectivity index (χ1) is 9.08. The lowest BCUT2D eigenvalue weighted by Crippen LogP contribution is -2.45. The molecule has 2 amide bonds. The Morgan fingerprint density at radius 2 is 2.32 bits per heavy atom. The first kappa shape index (κ1) is 15.1. The molecule has 6 heteroatoms. The maximum atomic E-state index is 11.6. The summed E-state index contributed by atoms with van der Waals surface area (Å²) in [5.41, 5.74) is 1.18. The number of carbonyl (C=O) groups is 2. The summed E-state index contributed by atoms with van der Waals surface area (Å²) in [7, 11) is 0. The largest absolute Gasteiger partial charge is 0.480 e. The molecule has 0 fully saturated rings. The highest BCUT2D eigenvalue weighted by atomic mass is 32.1. The first-order valence-electron chi connectivity index (χ1n) is 5.84. The van der Waals surface area contributed by atoms with E-state index in [1.165, 1.54) is 5.56 Å². The van der Waals surface area contributed by atoms with E-state index in [1.54, 1.807) is 11.3 Å². The van der Waals surface area contributed by atoms with Gasteiger partial charge in [-0.2, -0.15) is 0 Å². The van der Waals surface area contributed by atoms with Gasteiger partial charge < -0.3 is 15.7 Å². The molecule has 0 saturated heterocycles. The number of nitrogens with one attached hydrogen (secondary N) is 2. The molecule has 1 unspecified atom stereocenters. The third kappa shape index (κ3) is 4.64. The third-order valence-corrected chi connectivity index (χ3v) is 3.52. The van der Waals surface area contributed by atoms with E-state index >= 15 is 0 Å². The van der Waals surface area contributed by atoms with Gasteiger partial charge in [-0.1, -0.05) is 6.92 Å². The number of terminal acetylenes is 1. The van der Waals surface area contributed by atoms with Gasteiger partial charge >= 0.3 is 12.0 Å². The highest BCUT2D eigenvalue weighted by Gasteiger charge is 2.18. The predicted octanol–water partition coefficient (Wildman–Crippen LogP) is 1.59. The van der Waals surface area contributed by atoms with Crippen molar-refractivity contribution >= 4 is 23.3 Å². The predicted molar refractivity (Wildman–Crippen MR) is 73.9 cm³/mol. The Morgan fingerprint density at radius 1 is 1.58 bits per heavy atom. The molecule has 1 heterocycles. The maximum absolute atomic E-state index is 11.6. The topological polar surface area (TPSA) is 78.4 Å². The minimum absolute atomic E-state index is 0.0397. The van der Waals surface area contributed by atoms with Gasteiger partial charge in [-0.05, 0) is 23.4 Å². The Hall–Kier alpha value is -2.00. The van der Waals surface area contributed by atoms with Crippen LogP contribution in [0.1, 0.15) is 23.8 Å². The fraction of sp³-hybridized carbons (Fsp3) is 0.385. The maximum Gasteiger partial charge on any atom is 0.327 e. The lowest BCUT2D eigenvalue weighted by Gasteiger charge is -2.12. The number of thiophene rings is 1. The summed E-state index contributed by atoms with van der Waals surface area (Å²) >= 11 is 1.56. The molecular weight excluding hydrogens is 264 g/mol. The normalized spacial score (nSPS) is 11.4. The summed E-state index contributed by atoms with van der Waals surface area (Å²) in [6.45, 7) is 2.42. The molecule has 3 N–H and O–H groups in total. The van der Waals surface area contributed by atoms with Crippen LogP contribution in [0.3, 0.4) is 0 Å². The van der Waals surface area contributed by atoms with Gasteiger partial charge in [-0.15, -0.1) is 23.7 Å². The van der Waals surface area contributed by atoms with Crippen molar-refractivity contribution in [3.63, 3.8) is 0 Å². The van der Waals surface area contributed by atoms with Crippen molar-refractivity contribution in [1.29, 1.82) is 0 Å². The molecule has 1 atom stereocenters. The van der Waals surface area contributed by atoms with E-state index in [0.717, 1.165) is 11.3 Å². The minimum Gasteiger partial charge on any atom is -0.480 e. The molecule has 0 aliphatic carbocycles. The highest BCUT2D eigenvalue weighted by molar-refractivity contribution is 7.10. The molecule has 19 heavy (non-hydrogen) atoms. The van der Waals surface area contributed by atoms with Crippen molar-refractivity contribution in [2.75, 3.05) is 0 Å². The van der Waals surface area contributed by atoms with E-state index in [2.05, 4.69) is 16.6 Å². The second-order valence-electron chi connectivity index (χ2n) is 3.85. The molecule has 0 saturated carbocycles. The fourth-order valence-corrected chi connectivity index (χ4v) is 2.44. The summed E-state index contributed by atoms with van der Waals surface area (Å²) < 4.78 is 0. The van der Waals surface area contributed by atoms with Gasteiger partial charge in [-0.25, -0.2) is 9.59 Å². The van der Waals surface area contributed by atoms with Crippen molar-refractivity contribution in [3.8, 4) is 12.3 Å². The van der Waals surface area contributed by atoms with Gasteiger partial charge in [-0.3, -0.25) is 0 Å². The van der Waals surface area contributed by atoms with Crippen LogP contribution in [-0.4, -0.2) is 23.1 Å². The first-order valence-corrected chi connectivity index (χ1v) is 6.72. The van der Waals surface area contributed by atoms with E-state index in [4.69, 9.17) is 11.5 Å². The van der Waals surface area contributed by atoms with Gasteiger partial charge in [0.15, 0.2) is 0 Å². The van der Waals surface area contributed by atoms with Crippen molar-refractivity contribution in [3.05, 3.63) is 21.9 Å². The van der Waals surface area contributed by atoms with Gasteiger partial charge in [0.05, 0.1) is 6.54 Å². The van der Waals surface area contributed by atoms with Crippen molar-refractivity contribution < 1.29 is 14.7 Å². The molecule has 0 aliphatic rings. The van der Waals surface area contributed by atoms with Crippen molar-refractivity contribution in [2.24, 2.45) is 0 Å². The van der Waals surface area contributed by atoms with Crippen molar-refractivity contribution in [1.82, 2.24) is 10.6 Å². The van der Waals surface area contributed by atoms with Gasteiger partial charge in [0.25, 0.3) is 0 Å². The Kier molecular flexibility index (Phi) is 5.90. The smallest absolute Gasteiger partial charge is 0.327 e. The average molecular weight is 280 g/mol. The number of aliphatic carboxylic acids is 1. The quantitative estimate of drug-likeness (QED) is 0.692. The molecule has 1 aromatic rings. The number of aryl methyl sites for hydroxylation is 1. The third-order valence-electron chi connectivity index (χ3n) is 2.55. The van der Waals surface area contributed by atoms with Crippen LogP contribution in [0.25, 0.3) is 0 Å². The molecule has 0 aromatic carbocycles. The Bertz CT molecular complexity index is 490. The van der Waals surface area contributed by atoms with Crippen LogP contribution in [0, 0.1) is 12.3 Å². The number of urea groups is 1. The van der Waals surface area contributed by atoms with Crippen LogP contribution < -0.4 is 10.6 Å². The van der Waals surface area contributed by atoms with Crippen LogP contribution in [0.4, 0.5) is 4.79 Å². The number of amides is 2. The monoisotopic (exact) mass is 280 g/mol. The molecule has 1 rings (SSSR count). The molecule has 1 aromatic heterocycles. The number of hydrogen-bond donors (Lipinski definition) is 3. The summed E-state index contributed by atoms with van der Waals surface area (Å²) in [6, 6.07) is 0.426. The number of carbonyl (C=O) groups excluding carboxylic acids is 1. The average Bonchev–Trinajstić information content (AvgIpc) is 2.83. The minimum atomic E-state index is -1.14. The Morgan fingerprint density at radius 3 is 2.89 bits per heavy atom. The van der Waals surface area contributed by atoms with Crippen LogP contribution >= 0.6 is 11.3 Å². The standard InChI is InChI=1S/C13H16N2O3S/c1-3-5-10(12(16)17)15-13(18)14-8-11-9(4-2)6-7-19-11/h1,6-7,10H,4-5,8H2,2H3,(H,16,17)(H2,14,15,18). The summed E-state index contributed by atoms with van der Waals surface area (Å²) in [4.78, 5) is 23.5. The number of carboxylic acid groups (broad SMARTS) is 1. The van der Waals surface area contributed by atoms with E-state index in [9.17, 15) is 9.59 Å². The molecule has 0 radical (unpaired) electrons. The zero-order valence-corrected chi connectivity index (χ0v) is 11.4. The molecule has 0 bridgehead atoms. The number of hydrogen-bond acceptors (Lipinski definition) is 3. The zero-order chi connectivity index (χ0) is 14.3. The molecule has 0 spiro atoms. The SMILES string of the molecule is C#CCC(NC(=O)NCc1sccc1CC)C(=O)O. The van der Waals surface area contributed by atoms with Crippen LogP contribution in [0.15, 0.2) is 11.4 Å². The summed E-state index contributed by atoms with van der Waals surface area (Å²) in [5, 5.41) is 15.8. The summed E-state index contributed by atoms with van der Waals surface area (Å²) in [5.74, 6) is 1.08. The lowest BCUT2D eigenvalue weighted by molar-refractivity contribution is -0.139. The molecule has 102 valence electrons. The highest BCUT2D eigenvalue weighted by Crippen LogP contribution is 2.16. The lowest BCUT2D eigenvalue weighted by atomic mass is 10.2. The molecule has 0 aliphatic heterocycles. The fourth-order valence-electron chi connectivity index (χ4n) is 1.52. The van der Waals surface area contributed by atoms with Gasteiger partial charge in [0.2, 0.25) is 0 Å². The molecule has 5 nitrogen and oxygen atoms in total. The summed E-state index contributed by atoms with van der Waals surface area (Å²) in [6.07, 6.45) is 5.91. The van der Waals surface area contributed by atoms with Gasteiger partial charge in [0.1, 0.15) is 6.04 Å².